The van der Waals surface area contributed by atoms with E-state index in [0.29, 0.717) is 43.9 Å². The van der Waals surface area contributed by atoms with Gasteiger partial charge in [-0.1, -0.05) is 29.8 Å². The van der Waals surface area contributed by atoms with Crippen molar-refractivity contribution in [1.82, 2.24) is 14.5 Å². The summed E-state index contributed by atoms with van der Waals surface area (Å²) in [6, 6.07) is 8.84. The number of ether oxygens (including phenoxy) is 2. The van der Waals surface area contributed by atoms with Gasteiger partial charge in [0.25, 0.3) is 0 Å². The average Bonchev–Trinajstić information content (AvgIpc) is 3.92. The number of rotatable bonds is 11. The van der Waals surface area contributed by atoms with Crippen LogP contribution in [0.15, 0.2) is 42.5 Å². The Kier molecular flexibility index (Phi) is 11.5. The predicted octanol–water partition coefficient (Wildman–Crippen LogP) is 4.83. The Morgan fingerprint density at radius 1 is 1.08 bits per heavy atom. The second-order valence-corrected chi connectivity index (χ2v) is 15.3. The quantitative estimate of drug-likeness (QED) is 0.300. The number of halogens is 2. The van der Waals surface area contributed by atoms with Crippen LogP contribution in [0.5, 0.6) is 0 Å². The summed E-state index contributed by atoms with van der Waals surface area (Å²) in [4.78, 5) is 39.8. The molecule has 2 aliphatic heterocycles. The van der Waals surface area contributed by atoms with Crippen LogP contribution in [-0.4, -0.2) is 97.6 Å². The van der Waals surface area contributed by atoms with E-state index in [1.807, 2.05) is 12.1 Å². The van der Waals surface area contributed by atoms with E-state index in [-0.39, 0.29) is 43.1 Å². The zero-order valence-electron chi connectivity index (χ0n) is 26.9. The van der Waals surface area contributed by atoms with Crippen LogP contribution in [0, 0.1) is 11.7 Å². The SMILES string of the molecule is COC(=O)NC(C(=O)Nc1cccc(F)c1CCC1CN(C(=O)O)CC(C)N1S(=O)(=O)C1CC1)C(c1ccc(Cl)cc1)C1CCOCC1. The van der Waals surface area contributed by atoms with E-state index >= 15 is 4.39 Å². The van der Waals surface area contributed by atoms with Gasteiger partial charge in [0.15, 0.2) is 0 Å². The Morgan fingerprint density at radius 3 is 2.40 bits per heavy atom. The second-order valence-electron chi connectivity index (χ2n) is 12.7. The van der Waals surface area contributed by atoms with E-state index in [9.17, 15) is 27.9 Å². The smallest absolute Gasteiger partial charge is 0.407 e. The molecule has 2 aromatic carbocycles. The van der Waals surface area contributed by atoms with Gasteiger partial charge in [-0.2, -0.15) is 4.31 Å². The molecule has 4 atom stereocenters. The number of sulfonamides is 1. The summed E-state index contributed by atoms with van der Waals surface area (Å²) in [6.45, 7) is 2.64. The van der Waals surface area contributed by atoms with Gasteiger partial charge in [0, 0.05) is 60.6 Å². The number of benzene rings is 2. The van der Waals surface area contributed by atoms with E-state index in [4.69, 9.17) is 21.1 Å². The first kappa shape index (κ1) is 35.8. The first-order chi connectivity index (χ1) is 22.9. The highest BCUT2D eigenvalue weighted by atomic mass is 35.5. The Labute approximate surface area is 284 Å². The zero-order valence-corrected chi connectivity index (χ0v) is 28.5. The highest BCUT2D eigenvalue weighted by molar-refractivity contribution is 7.90. The predicted molar refractivity (Wildman–Crippen MR) is 177 cm³/mol. The molecule has 262 valence electrons. The third-order valence-corrected chi connectivity index (χ3v) is 12.3. The molecule has 3 aliphatic rings. The summed E-state index contributed by atoms with van der Waals surface area (Å²) in [7, 11) is -2.47. The van der Waals surface area contributed by atoms with Gasteiger partial charge >= 0.3 is 12.2 Å². The van der Waals surface area contributed by atoms with Gasteiger partial charge < -0.3 is 30.1 Å². The minimum atomic E-state index is -3.67. The molecule has 5 rings (SSSR count). The van der Waals surface area contributed by atoms with Crippen molar-refractivity contribution in [2.45, 2.75) is 74.7 Å². The largest absolute Gasteiger partial charge is 0.465 e. The molecule has 2 aromatic rings. The number of nitrogens with one attached hydrogen (secondary N) is 2. The fourth-order valence-corrected chi connectivity index (χ4v) is 9.35. The van der Waals surface area contributed by atoms with Gasteiger partial charge in [-0.3, -0.25) is 4.79 Å². The van der Waals surface area contributed by atoms with Gasteiger partial charge in [0.2, 0.25) is 15.9 Å². The number of nitrogens with zero attached hydrogens (tertiary/aromatic N) is 2. The molecule has 0 radical (unpaired) electrons. The summed E-state index contributed by atoms with van der Waals surface area (Å²) in [5.41, 5.74) is 1.07. The highest BCUT2D eigenvalue weighted by Gasteiger charge is 2.48. The van der Waals surface area contributed by atoms with Gasteiger partial charge in [0.1, 0.15) is 11.9 Å². The third-order valence-electron chi connectivity index (χ3n) is 9.45. The van der Waals surface area contributed by atoms with Crippen LogP contribution in [0.25, 0.3) is 0 Å². The number of anilines is 1. The molecule has 2 heterocycles. The van der Waals surface area contributed by atoms with Crippen LogP contribution >= 0.6 is 11.6 Å². The van der Waals surface area contributed by atoms with Crippen molar-refractivity contribution in [3.05, 3.63) is 64.4 Å². The lowest BCUT2D eigenvalue weighted by molar-refractivity contribution is -0.119. The number of piperazine rings is 1. The molecule has 0 spiro atoms. The van der Waals surface area contributed by atoms with Crippen LogP contribution in [-0.2, 0) is 30.7 Å². The van der Waals surface area contributed by atoms with Crippen LogP contribution < -0.4 is 10.6 Å². The van der Waals surface area contributed by atoms with Crippen LogP contribution in [0.3, 0.4) is 0 Å². The monoisotopic (exact) mass is 708 g/mol. The van der Waals surface area contributed by atoms with Crippen molar-refractivity contribution < 1.29 is 41.8 Å². The van der Waals surface area contributed by atoms with E-state index in [0.717, 1.165) is 5.56 Å². The van der Waals surface area contributed by atoms with E-state index in [1.54, 1.807) is 25.1 Å². The van der Waals surface area contributed by atoms with Gasteiger partial charge in [-0.15, -0.1) is 0 Å². The Hall–Kier alpha value is -3.46. The zero-order chi connectivity index (χ0) is 34.6. The summed E-state index contributed by atoms with van der Waals surface area (Å²) in [6.07, 6.45) is 0.538. The van der Waals surface area contributed by atoms with Crippen molar-refractivity contribution in [3.8, 4) is 0 Å². The summed E-state index contributed by atoms with van der Waals surface area (Å²) in [5.74, 6) is -1.77. The number of carbonyl (C=O) groups is 3. The van der Waals surface area contributed by atoms with Crippen molar-refractivity contribution >= 4 is 45.4 Å². The van der Waals surface area contributed by atoms with Crippen LogP contribution in [0.2, 0.25) is 5.02 Å². The lowest BCUT2D eigenvalue weighted by Crippen LogP contribution is -2.61. The summed E-state index contributed by atoms with van der Waals surface area (Å²) >= 11 is 6.17. The number of carboxylic acid groups (broad SMARTS) is 1. The Bertz CT molecular complexity index is 1590. The Morgan fingerprint density at radius 2 is 1.77 bits per heavy atom. The molecule has 48 heavy (non-hydrogen) atoms. The van der Waals surface area contributed by atoms with E-state index in [1.165, 1.54) is 28.4 Å². The third kappa shape index (κ3) is 8.21. The minimum Gasteiger partial charge on any atom is -0.465 e. The fourth-order valence-electron chi connectivity index (χ4n) is 6.99. The molecule has 3 amide bonds. The molecule has 4 unspecified atom stereocenters. The summed E-state index contributed by atoms with van der Waals surface area (Å²) in [5, 5.41) is 15.3. The molecular formula is C33H42ClFN4O8S. The van der Waals surface area contributed by atoms with Gasteiger partial charge in [-0.05, 0) is 81.2 Å². The van der Waals surface area contributed by atoms with Gasteiger partial charge in [-0.25, -0.2) is 22.4 Å². The van der Waals surface area contributed by atoms with E-state index in [2.05, 4.69) is 10.6 Å². The molecule has 0 bridgehead atoms. The van der Waals surface area contributed by atoms with E-state index < -0.39 is 63.2 Å². The molecular weight excluding hydrogens is 667 g/mol. The topological polar surface area (TPSA) is 155 Å². The molecule has 3 fully saturated rings. The lowest BCUT2D eigenvalue weighted by atomic mass is 9.76. The normalized spacial score (nSPS) is 22.0. The molecule has 12 nitrogen and oxygen atoms in total. The molecule has 1 aliphatic carbocycles. The molecule has 2 saturated heterocycles. The Balaban J connectivity index is 1.43. The molecule has 3 N–H and O–H groups in total. The number of methoxy groups -OCH3 is 1. The maximum Gasteiger partial charge on any atom is 0.407 e. The minimum absolute atomic E-state index is 0.0134. The van der Waals surface area contributed by atoms with Crippen LogP contribution in [0.4, 0.5) is 19.7 Å². The maximum atomic E-state index is 15.5. The number of amides is 3. The number of hydrogen-bond donors (Lipinski definition) is 3. The summed E-state index contributed by atoms with van der Waals surface area (Å²) < 4.78 is 54.2. The lowest BCUT2D eigenvalue weighted by Gasteiger charge is -2.44. The maximum absolute atomic E-state index is 15.5. The fraction of sp³-hybridized carbons (Fsp3) is 0.545. The first-order valence-corrected chi connectivity index (χ1v) is 18.0. The van der Waals surface area contributed by atoms with Crippen molar-refractivity contribution in [3.63, 3.8) is 0 Å². The molecule has 0 aromatic heterocycles. The standard InChI is InChI=1S/C33H42ClFN4O8S/c1-20-18-38(33(42)43)19-24(39(20)48(44,45)25-11-12-25)10-13-26-27(35)4-3-5-28(26)36-31(40)30(37-32(41)46-2)29(22-14-16-47-17-15-22)21-6-8-23(34)9-7-21/h3-9,20,22,24-25,29-30H,10-19H2,1-2H3,(H,36,40)(H,37,41)(H,42,43). The molecule has 1 saturated carbocycles. The first-order valence-electron chi connectivity index (χ1n) is 16.2. The van der Waals surface area contributed by atoms with Crippen molar-refractivity contribution in [1.29, 1.82) is 0 Å². The van der Waals surface area contributed by atoms with Crippen molar-refractivity contribution in [2.75, 3.05) is 38.7 Å². The highest BCUT2D eigenvalue weighted by Crippen LogP contribution is 2.38. The average molecular weight is 709 g/mol. The van der Waals surface area contributed by atoms with Crippen molar-refractivity contribution in [2.24, 2.45) is 5.92 Å². The van der Waals surface area contributed by atoms with Crippen LogP contribution in [0.1, 0.15) is 56.1 Å². The number of hydrogen-bond acceptors (Lipinski definition) is 7. The number of alkyl carbamates (subject to hydrolysis) is 1. The number of carbonyl (C=O) groups excluding carboxylic acids is 2. The molecule has 15 heteroatoms. The van der Waals surface area contributed by atoms with Gasteiger partial charge in [0.05, 0.1) is 12.4 Å². The second kappa shape index (κ2) is 15.4.